The summed E-state index contributed by atoms with van der Waals surface area (Å²) in [5.74, 6) is -0.840. The SMILES string of the molecule is O=C1C=C(C2CCCCC2)C(=O)C=C1O. The summed E-state index contributed by atoms with van der Waals surface area (Å²) in [5.41, 5.74) is 0.595. The van der Waals surface area contributed by atoms with Crippen molar-refractivity contribution in [2.75, 3.05) is 0 Å². The highest BCUT2D eigenvalue weighted by atomic mass is 16.3. The molecule has 0 heterocycles. The highest BCUT2D eigenvalue weighted by Gasteiger charge is 2.27. The van der Waals surface area contributed by atoms with Crippen LogP contribution in [0, 0.1) is 5.92 Å². The summed E-state index contributed by atoms with van der Waals surface area (Å²) in [6, 6.07) is 0. The number of aliphatic hydroxyl groups excluding tert-OH is 1. The minimum atomic E-state index is -0.435. The molecule has 1 fully saturated rings. The predicted molar refractivity (Wildman–Crippen MR) is 55.4 cm³/mol. The molecule has 0 spiro atoms. The molecule has 0 atom stereocenters. The summed E-state index contributed by atoms with van der Waals surface area (Å²) in [5, 5.41) is 9.11. The lowest BCUT2D eigenvalue weighted by atomic mass is 9.80. The lowest BCUT2D eigenvalue weighted by Crippen LogP contribution is -2.20. The number of rotatable bonds is 1. The van der Waals surface area contributed by atoms with Crippen molar-refractivity contribution in [2.45, 2.75) is 32.1 Å². The van der Waals surface area contributed by atoms with Crippen molar-refractivity contribution in [3.8, 4) is 0 Å². The summed E-state index contributed by atoms with van der Waals surface area (Å²) in [4.78, 5) is 22.8. The molecular formula is C12H14O3. The fraction of sp³-hybridized carbons (Fsp3) is 0.500. The first-order valence-electron chi connectivity index (χ1n) is 5.39. The van der Waals surface area contributed by atoms with Crippen LogP contribution in [0.2, 0.25) is 0 Å². The monoisotopic (exact) mass is 206 g/mol. The molecule has 0 aromatic rings. The van der Waals surface area contributed by atoms with E-state index in [9.17, 15) is 9.59 Å². The van der Waals surface area contributed by atoms with E-state index in [1.807, 2.05) is 0 Å². The second-order valence-electron chi connectivity index (χ2n) is 4.19. The van der Waals surface area contributed by atoms with Gasteiger partial charge in [0.25, 0.3) is 0 Å². The molecule has 0 amide bonds. The zero-order valence-corrected chi connectivity index (χ0v) is 8.53. The molecule has 0 radical (unpaired) electrons. The van der Waals surface area contributed by atoms with Crippen molar-refractivity contribution in [3.63, 3.8) is 0 Å². The van der Waals surface area contributed by atoms with Crippen LogP contribution in [-0.2, 0) is 9.59 Å². The number of carbonyl (C=O) groups is 2. The second-order valence-corrected chi connectivity index (χ2v) is 4.19. The van der Waals surface area contributed by atoms with Crippen LogP contribution >= 0.6 is 0 Å². The molecule has 15 heavy (non-hydrogen) atoms. The highest BCUT2D eigenvalue weighted by molar-refractivity contribution is 6.19. The van der Waals surface area contributed by atoms with E-state index in [1.165, 1.54) is 12.5 Å². The Morgan fingerprint density at radius 3 is 2.33 bits per heavy atom. The van der Waals surface area contributed by atoms with E-state index in [-0.39, 0.29) is 11.7 Å². The Kier molecular flexibility index (Phi) is 2.71. The van der Waals surface area contributed by atoms with E-state index in [0.29, 0.717) is 5.57 Å². The molecule has 0 aliphatic heterocycles. The van der Waals surface area contributed by atoms with Gasteiger partial charge in [0.2, 0.25) is 5.78 Å². The number of hydrogen-bond acceptors (Lipinski definition) is 3. The molecule has 0 bridgehead atoms. The van der Waals surface area contributed by atoms with Gasteiger partial charge in [-0.05, 0) is 24.8 Å². The van der Waals surface area contributed by atoms with Gasteiger partial charge < -0.3 is 5.11 Å². The van der Waals surface area contributed by atoms with Crippen LogP contribution in [0.3, 0.4) is 0 Å². The van der Waals surface area contributed by atoms with E-state index < -0.39 is 11.5 Å². The Hall–Kier alpha value is -1.38. The molecule has 80 valence electrons. The summed E-state index contributed by atoms with van der Waals surface area (Å²) < 4.78 is 0. The third kappa shape index (κ3) is 2.01. The van der Waals surface area contributed by atoms with Gasteiger partial charge in [0.15, 0.2) is 11.5 Å². The largest absolute Gasteiger partial charge is 0.504 e. The average molecular weight is 206 g/mol. The Morgan fingerprint density at radius 1 is 1.00 bits per heavy atom. The van der Waals surface area contributed by atoms with Gasteiger partial charge in [-0.15, -0.1) is 0 Å². The van der Waals surface area contributed by atoms with E-state index in [2.05, 4.69) is 0 Å². The van der Waals surface area contributed by atoms with Crippen molar-refractivity contribution in [1.29, 1.82) is 0 Å². The van der Waals surface area contributed by atoms with Crippen molar-refractivity contribution in [2.24, 2.45) is 5.92 Å². The third-order valence-electron chi connectivity index (χ3n) is 3.14. The molecule has 1 N–H and O–H groups in total. The van der Waals surface area contributed by atoms with Crippen LogP contribution in [0.1, 0.15) is 32.1 Å². The van der Waals surface area contributed by atoms with Crippen LogP contribution < -0.4 is 0 Å². The Balaban J connectivity index is 2.18. The van der Waals surface area contributed by atoms with E-state index in [1.54, 1.807) is 0 Å². The van der Waals surface area contributed by atoms with Crippen LogP contribution in [0.4, 0.5) is 0 Å². The normalized spacial score (nSPS) is 23.7. The van der Waals surface area contributed by atoms with Gasteiger partial charge in [0.05, 0.1) is 0 Å². The molecule has 0 saturated heterocycles. The van der Waals surface area contributed by atoms with Crippen molar-refractivity contribution in [1.82, 2.24) is 0 Å². The first-order valence-corrected chi connectivity index (χ1v) is 5.39. The van der Waals surface area contributed by atoms with Crippen LogP contribution in [0.15, 0.2) is 23.5 Å². The number of aliphatic hydroxyl groups is 1. The van der Waals surface area contributed by atoms with Gasteiger partial charge in [0.1, 0.15) is 0 Å². The Bertz CT molecular complexity index is 357. The van der Waals surface area contributed by atoms with Crippen molar-refractivity contribution < 1.29 is 14.7 Å². The maximum Gasteiger partial charge on any atom is 0.220 e. The highest BCUT2D eigenvalue weighted by Crippen LogP contribution is 2.31. The van der Waals surface area contributed by atoms with Gasteiger partial charge in [-0.1, -0.05) is 19.3 Å². The van der Waals surface area contributed by atoms with E-state index in [4.69, 9.17) is 5.11 Å². The predicted octanol–water partition coefficient (Wildman–Crippen LogP) is 2.09. The van der Waals surface area contributed by atoms with E-state index in [0.717, 1.165) is 31.8 Å². The average Bonchev–Trinajstić information content (AvgIpc) is 2.25. The summed E-state index contributed by atoms with van der Waals surface area (Å²) in [7, 11) is 0. The van der Waals surface area contributed by atoms with Gasteiger partial charge >= 0.3 is 0 Å². The number of carbonyl (C=O) groups excluding carboxylic acids is 2. The fourth-order valence-corrected chi connectivity index (χ4v) is 2.30. The Morgan fingerprint density at radius 2 is 1.67 bits per heavy atom. The molecule has 0 unspecified atom stereocenters. The quantitative estimate of drug-likeness (QED) is 0.668. The smallest absolute Gasteiger partial charge is 0.220 e. The molecule has 3 heteroatoms. The lowest BCUT2D eigenvalue weighted by molar-refractivity contribution is -0.117. The second kappa shape index (κ2) is 4.01. The molecule has 1 saturated carbocycles. The minimum absolute atomic E-state index is 0.195. The number of ketones is 2. The maximum atomic E-state index is 11.6. The number of allylic oxidation sites excluding steroid dienone is 3. The molecular weight excluding hydrogens is 192 g/mol. The third-order valence-corrected chi connectivity index (χ3v) is 3.14. The van der Waals surface area contributed by atoms with Crippen LogP contribution in [-0.4, -0.2) is 16.7 Å². The zero-order valence-electron chi connectivity index (χ0n) is 8.53. The maximum absolute atomic E-state index is 11.6. The minimum Gasteiger partial charge on any atom is -0.504 e. The molecule has 2 rings (SSSR count). The number of hydrogen-bond donors (Lipinski definition) is 1. The standard InChI is InChI=1S/C12H14O3/c13-10-7-12(15)11(14)6-9(10)8-4-2-1-3-5-8/h6-8,15H,1-5H2. The zero-order chi connectivity index (χ0) is 10.8. The molecule has 3 nitrogen and oxygen atoms in total. The van der Waals surface area contributed by atoms with Crippen molar-refractivity contribution >= 4 is 11.6 Å². The van der Waals surface area contributed by atoms with Gasteiger partial charge in [-0.3, -0.25) is 9.59 Å². The lowest BCUT2D eigenvalue weighted by Gasteiger charge is -2.24. The molecule has 0 aromatic carbocycles. The summed E-state index contributed by atoms with van der Waals surface area (Å²) in [6.45, 7) is 0. The van der Waals surface area contributed by atoms with E-state index >= 15 is 0 Å². The first-order chi connectivity index (χ1) is 7.18. The van der Waals surface area contributed by atoms with Crippen molar-refractivity contribution in [3.05, 3.63) is 23.5 Å². The van der Waals surface area contributed by atoms with Gasteiger partial charge in [0, 0.05) is 11.6 Å². The first kappa shape index (κ1) is 10.1. The Labute approximate surface area is 88.5 Å². The van der Waals surface area contributed by atoms with Gasteiger partial charge in [-0.2, -0.15) is 0 Å². The van der Waals surface area contributed by atoms with Crippen LogP contribution in [0.5, 0.6) is 0 Å². The van der Waals surface area contributed by atoms with Gasteiger partial charge in [-0.25, -0.2) is 0 Å². The molecule has 2 aliphatic rings. The van der Waals surface area contributed by atoms with Crippen LogP contribution in [0.25, 0.3) is 0 Å². The molecule has 0 aromatic heterocycles. The summed E-state index contributed by atoms with van der Waals surface area (Å²) >= 11 is 0. The topological polar surface area (TPSA) is 54.4 Å². The summed E-state index contributed by atoms with van der Waals surface area (Å²) in [6.07, 6.45) is 7.80. The molecule has 2 aliphatic carbocycles. The fourth-order valence-electron chi connectivity index (χ4n) is 2.30.